The topological polar surface area (TPSA) is 100 Å². The fourth-order valence-corrected chi connectivity index (χ4v) is 4.96. The van der Waals surface area contributed by atoms with Crippen LogP contribution in [0.25, 0.3) is 10.9 Å². The van der Waals surface area contributed by atoms with Crippen LogP contribution in [-0.2, 0) is 21.2 Å². The molecule has 1 aromatic heterocycles. The lowest BCUT2D eigenvalue weighted by molar-refractivity contribution is -0.121. The van der Waals surface area contributed by atoms with Crippen molar-refractivity contribution in [2.24, 2.45) is 0 Å². The smallest absolute Gasteiger partial charge is 0.240 e. The molecule has 0 bridgehead atoms. The van der Waals surface area contributed by atoms with Gasteiger partial charge in [-0.15, -0.1) is 0 Å². The molecular weight excluding hydrogens is 460 g/mol. The van der Waals surface area contributed by atoms with Gasteiger partial charge in [0.2, 0.25) is 15.9 Å². The third-order valence-electron chi connectivity index (χ3n) is 5.47. The second kappa shape index (κ2) is 10.5. The summed E-state index contributed by atoms with van der Waals surface area (Å²) in [5.41, 5.74) is 2.76. The first-order chi connectivity index (χ1) is 15.9. The first kappa shape index (κ1) is 23.5. The molecule has 4 rings (SSSR count). The lowest BCUT2D eigenvalue weighted by atomic mass is 10.1. The van der Waals surface area contributed by atoms with E-state index in [-0.39, 0.29) is 16.8 Å². The average molecular weight is 487 g/mol. The van der Waals surface area contributed by atoms with Crippen LogP contribution < -0.4 is 15.4 Å². The second-order valence-electron chi connectivity index (χ2n) is 8.19. The average Bonchev–Trinajstić information content (AvgIpc) is 3.61. The number of halogens is 1. The summed E-state index contributed by atoms with van der Waals surface area (Å²) in [7, 11) is -3.44. The summed E-state index contributed by atoms with van der Waals surface area (Å²) in [6.07, 6.45) is 5.25. The minimum Gasteiger partial charge on any atom is -0.384 e. The number of aryl methyl sites for hydroxylation is 1. The molecular formula is C24H27ClN4O3S. The van der Waals surface area contributed by atoms with Gasteiger partial charge in [0.15, 0.2) is 0 Å². The van der Waals surface area contributed by atoms with E-state index >= 15 is 0 Å². The van der Waals surface area contributed by atoms with Gasteiger partial charge in [-0.25, -0.2) is 13.1 Å². The summed E-state index contributed by atoms with van der Waals surface area (Å²) in [4.78, 5) is 16.7. The van der Waals surface area contributed by atoms with E-state index in [9.17, 15) is 13.2 Å². The zero-order valence-electron chi connectivity index (χ0n) is 18.2. The molecule has 0 radical (unpaired) electrons. The number of fused-ring (bicyclic) bond motifs is 1. The normalized spacial score (nSPS) is 13.7. The molecule has 0 saturated heterocycles. The van der Waals surface area contributed by atoms with Crippen molar-refractivity contribution in [2.45, 2.75) is 43.0 Å². The minimum atomic E-state index is -3.44. The Labute approximate surface area is 199 Å². The predicted molar refractivity (Wildman–Crippen MR) is 131 cm³/mol. The molecule has 33 heavy (non-hydrogen) atoms. The number of hydrogen-bond acceptors (Lipinski definition) is 5. The number of anilines is 1. The molecule has 9 heteroatoms. The van der Waals surface area contributed by atoms with Gasteiger partial charge in [0.25, 0.3) is 0 Å². The van der Waals surface area contributed by atoms with Crippen molar-refractivity contribution in [3.63, 3.8) is 0 Å². The number of sulfonamides is 1. The Morgan fingerprint density at radius 3 is 2.61 bits per heavy atom. The molecule has 1 amide bonds. The van der Waals surface area contributed by atoms with Crippen LogP contribution in [-0.4, -0.2) is 38.4 Å². The molecule has 0 aliphatic heterocycles. The van der Waals surface area contributed by atoms with Gasteiger partial charge in [-0.3, -0.25) is 9.78 Å². The van der Waals surface area contributed by atoms with Crippen LogP contribution in [0.4, 0.5) is 5.69 Å². The maximum Gasteiger partial charge on any atom is 0.240 e. The minimum absolute atomic E-state index is 0.0221. The van der Waals surface area contributed by atoms with Gasteiger partial charge in [-0.1, -0.05) is 23.7 Å². The largest absolute Gasteiger partial charge is 0.384 e. The number of nitrogens with one attached hydrogen (secondary N) is 3. The van der Waals surface area contributed by atoms with Crippen molar-refractivity contribution < 1.29 is 13.2 Å². The summed E-state index contributed by atoms with van der Waals surface area (Å²) >= 11 is 6.03. The van der Waals surface area contributed by atoms with Crippen LogP contribution >= 0.6 is 11.6 Å². The zero-order chi connectivity index (χ0) is 23.3. The van der Waals surface area contributed by atoms with Gasteiger partial charge in [0.05, 0.1) is 10.4 Å². The van der Waals surface area contributed by atoms with Crippen LogP contribution in [0.2, 0.25) is 5.02 Å². The lowest BCUT2D eigenvalue weighted by Gasteiger charge is -2.10. The van der Waals surface area contributed by atoms with E-state index in [0.717, 1.165) is 41.4 Å². The summed E-state index contributed by atoms with van der Waals surface area (Å²) in [5.74, 6) is -0.0221. The molecule has 0 unspecified atom stereocenters. The monoisotopic (exact) mass is 486 g/mol. The van der Waals surface area contributed by atoms with Crippen molar-refractivity contribution in [3.05, 3.63) is 65.3 Å². The Morgan fingerprint density at radius 2 is 1.85 bits per heavy atom. The first-order valence-electron chi connectivity index (χ1n) is 11.1. The fraction of sp³-hybridized carbons (Fsp3) is 0.333. The number of carbonyl (C=O) groups is 1. The maximum absolute atomic E-state index is 12.2. The molecule has 7 nitrogen and oxygen atoms in total. The van der Waals surface area contributed by atoms with Crippen LogP contribution in [0, 0.1) is 0 Å². The Kier molecular flexibility index (Phi) is 7.47. The van der Waals surface area contributed by atoms with Crippen molar-refractivity contribution in [3.8, 4) is 0 Å². The van der Waals surface area contributed by atoms with E-state index in [1.54, 1.807) is 30.5 Å². The number of nitrogens with zero attached hydrogens (tertiary/aromatic N) is 1. The summed E-state index contributed by atoms with van der Waals surface area (Å²) < 4.78 is 27.1. The number of aromatic nitrogens is 1. The summed E-state index contributed by atoms with van der Waals surface area (Å²) in [6, 6.07) is 14.4. The Morgan fingerprint density at radius 1 is 1.06 bits per heavy atom. The third-order valence-corrected chi connectivity index (χ3v) is 7.24. The highest BCUT2D eigenvalue weighted by molar-refractivity contribution is 7.89. The molecule has 1 aliphatic rings. The summed E-state index contributed by atoms with van der Waals surface area (Å²) in [6.45, 7) is 1.29. The number of benzene rings is 2. The fourth-order valence-electron chi connectivity index (χ4n) is 3.48. The van der Waals surface area contributed by atoms with Crippen LogP contribution in [0.3, 0.4) is 0 Å². The number of rotatable bonds is 11. The third kappa shape index (κ3) is 6.66. The molecule has 3 N–H and O–H groups in total. The van der Waals surface area contributed by atoms with Crippen molar-refractivity contribution in [1.29, 1.82) is 0 Å². The molecule has 2 aromatic carbocycles. The molecule has 1 saturated carbocycles. The van der Waals surface area contributed by atoms with Gasteiger partial charge in [-0.05, 0) is 67.6 Å². The first-order valence-corrected chi connectivity index (χ1v) is 12.9. The number of amides is 1. The highest BCUT2D eigenvalue weighted by atomic mass is 35.5. The van der Waals surface area contributed by atoms with Crippen molar-refractivity contribution in [2.75, 3.05) is 18.4 Å². The van der Waals surface area contributed by atoms with Crippen molar-refractivity contribution >= 4 is 44.1 Å². The quantitative estimate of drug-likeness (QED) is 0.357. The number of carbonyl (C=O) groups excluding carboxylic acids is 1. The molecule has 1 aliphatic carbocycles. The standard InChI is InChI=1S/C24H27ClN4O3S/c25-18-5-10-21-22(12-15-27-23(21)16-18)26-13-1-14-28-24(30)11-4-17-2-8-20(9-3-17)33(31,32)29-19-6-7-19/h2-3,5,8-10,12,15-16,19,29H,1,4,6-7,11,13-14H2,(H,26,27)(H,28,30). The maximum atomic E-state index is 12.2. The lowest BCUT2D eigenvalue weighted by Crippen LogP contribution is -2.26. The SMILES string of the molecule is O=C(CCc1ccc(S(=O)(=O)NC2CC2)cc1)NCCCNc1ccnc2cc(Cl)ccc12. The Balaban J connectivity index is 1.16. The molecule has 1 heterocycles. The van der Waals surface area contributed by atoms with Crippen LogP contribution in [0.5, 0.6) is 0 Å². The van der Waals surface area contributed by atoms with E-state index in [4.69, 9.17) is 11.6 Å². The molecule has 0 atom stereocenters. The molecule has 0 spiro atoms. The number of pyridine rings is 1. The van der Waals surface area contributed by atoms with E-state index in [0.29, 0.717) is 31.0 Å². The van der Waals surface area contributed by atoms with Gasteiger partial charge in [0.1, 0.15) is 0 Å². The van der Waals surface area contributed by atoms with Crippen LogP contribution in [0.15, 0.2) is 59.6 Å². The van der Waals surface area contributed by atoms with E-state index in [2.05, 4.69) is 20.3 Å². The zero-order valence-corrected chi connectivity index (χ0v) is 19.8. The molecule has 174 valence electrons. The Bertz CT molecular complexity index is 1230. The van der Waals surface area contributed by atoms with Gasteiger partial charge >= 0.3 is 0 Å². The van der Waals surface area contributed by atoms with Gasteiger partial charge in [0, 0.05) is 47.8 Å². The highest BCUT2D eigenvalue weighted by Crippen LogP contribution is 2.24. The van der Waals surface area contributed by atoms with Gasteiger partial charge in [-0.2, -0.15) is 0 Å². The molecule has 1 fully saturated rings. The predicted octanol–water partition coefficient (Wildman–Crippen LogP) is 3.88. The Hall–Kier alpha value is -2.68. The van der Waals surface area contributed by atoms with E-state index in [1.165, 1.54) is 0 Å². The van der Waals surface area contributed by atoms with Gasteiger partial charge < -0.3 is 10.6 Å². The second-order valence-corrected chi connectivity index (χ2v) is 10.3. The van der Waals surface area contributed by atoms with Crippen molar-refractivity contribution in [1.82, 2.24) is 15.0 Å². The highest BCUT2D eigenvalue weighted by Gasteiger charge is 2.27. The van der Waals surface area contributed by atoms with E-state index in [1.807, 2.05) is 24.3 Å². The van der Waals surface area contributed by atoms with Crippen LogP contribution in [0.1, 0.15) is 31.2 Å². The number of hydrogen-bond donors (Lipinski definition) is 3. The molecule has 3 aromatic rings. The summed E-state index contributed by atoms with van der Waals surface area (Å²) in [5, 5.41) is 7.98. The van der Waals surface area contributed by atoms with E-state index < -0.39 is 10.0 Å².